The van der Waals surface area contributed by atoms with E-state index < -0.39 is 33.7 Å². The number of nitrogens with one attached hydrogen (secondary N) is 1. The third-order valence-corrected chi connectivity index (χ3v) is 8.24. The van der Waals surface area contributed by atoms with Crippen LogP contribution in [0.5, 0.6) is 0 Å². The van der Waals surface area contributed by atoms with Crippen molar-refractivity contribution in [2.75, 3.05) is 23.7 Å². The first-order chi connectivity index (χ1) is 20.6. The van der Waals surface area contributed by atoms with Gasteiger partial charge in [0.1, 0.15) is 6.04 Å². The average molecular weight is 652 g/mol. The fraction of sp³-hybridized carbons (Fsp3) is 0.375. The Kier molecular flexibility index (Phi) is 12.2. The van der Waals surface area contributed by atoms with Crippen LogP contribution in [0.15, 0.2) is 78.9 Å². The van der Waals surface area contributed by atoms with Crippen LogP contribution < -0.4 is 9.62 Å². The van der Waals surface area contributed by atoms with Crippen LogP contribution >= 0.6 is 11.6 Å². The van der Waals surface area contributed by atoms with Crippen LogP contribution in [-0.4, -0.2) is 50.5 Å². The number of alkyl halides is 3. The van der Waals surface area contributed by atoms with Crippen LogP contribution in [-0.2, 0) is 38.8 Å². The lowest BCUT2D eigenvalue weighted by Crippen LogP contribution is -2.51. The van der Waals surface area contributed by atoms with Crippen molar-refractivity contribution >= 4 is 39.1 Å². The maximum atomic E-state index is 13.9. The lowest BCUT2D eigenvalue weighted by atomic mass is 10.0. The first-order valence-electron chi connectivity index (χ1n) is 14.2. The van der Waals surface area contributed by atoms with Gasteiger partial charge in [0, 0.05) is 37.5 Å². The number of carbonyl (C=O) groups excluding carboxylic acids is 2. The molecule has 3 aromatic rings. The zero-order valence-corrected chi connectivity index (χ0v) is 26.4. The van der Waals surface area contributed by atoms with Crippen LogP contribution in [0.1, 0.15) is 43.4 Å². The monoisotopic (exact) mass is 651 g/mol. The fourth-order valence-electron chi connectivity index (χ4n) is 4.65. The summed E-state index contributed by atoms with van der Waals surface area (Å²) in [4.78, 5) is 28.9. The van der Waals surface area contributed by atoms with Crippen molar-refractivity contribution < 1.29 is 31.2 Å². The first kappa shape index (κ1) is 34.9. The number of halogens is 4. The average Bonchev–Trinajstić information content (AvgIpc) is 2.95. The second kappa shape index (κ2) is 15.4. The maximum absolute atomic E-state index is 13.9. The van der Waals surface area contributed by atoms with Gasteiger partial charge in [-0.05, 0) is 53.8 Å². The Labute approximate surface area is 262 Å². The summed E-state index contributed by atoms with van der Waals surface area (Å²) >= 11 is 6.21. The molecule has 0 radical (unpaired) electrons. The Morgan fingerprint density at radius 3 is 2.20 bits per heavy atom. The van der Waals surface area contributed by atoms with E-state index in [1.165, 1.54) is 11.0 Å². The Morgan fingerprint density at radius 2 is 1.59 bits per heavy atom. The minimum Gasteiger partial charge on any atom is -0.354 e. The number of hydrogen-bond acceptors (Lipinski definition) is 4. The van der Waals surface area contributed by atoms with Crippen LogP contribution in [0.2, 0.25) is 5.02 Å². The van der Waals surface area contributed by atoms with Crippen molar-refractivity contribution in [1.29, 1.82) is 0 Å². The molecule has 238 valence electrons. The zero-order chi connectivity index (χ0) is 32.5. The van der Waals surface area contributed by atoms with Crippen molar-refractivity contribution in [2.45, 2.75) is 51.9 Å². The van der Waals surface area contributed by atoms with Crippen LogP contribution in [0.4, 0.5) is 18.9 Å². The zero-order valence-electron chi connectivity index (χ0n) is 24.9. The molecule has 1 atom stereocenters. The van der Waals surface area contributed by atoms with Gasteiger partial charge in [-0.2, -0.15) is 13.2 Å². The van der Waals surface area contributed by atoms with E-state index >= 15 is 0 Å². The Morgan fingerprint density at radius 1 is 0.932 bits per heavy atom. The van der Waals surface area contributed by atoms with Crippen molar-refractivity contribution in [1.82, 2.24) is 10.2 Å². The van der Waals surface area contributed by atoms with Gasteiger partial charge in [0.15, 0.2) is 0 Å². The number of rotatable bonds is 14. The fourth-order valence-corrected chi connectivity index (χ4v) is 5.82. The quantitative estimate of drug-likeness (QED) is 0.221. The molecule has 1 N–H and O–H groups in total. The highest BCUT2D eigenvalue weighted by Crippen LogP contribution is 2.32. The van der Waals surface area contributed by atoms with E-state index in [0.717, 1.165) is 34.3 Å². The number of nitrogens with zero attached hydrogens (tertiary/aromatic N) is 2. The topological polar surface area (TPSA) is 86.8 Å². The molecule has 0 fully saturated rings. The number of carbonyl (C=O) groups is 2. The van der Waals surface area contributed by atoms with E-state index in [9.17, 15) is 31.2 Å². The van der Waals surface area contributed by atoms with Gasteiger partial charge in [0.05, 0.1) is 17.5 Å². The van der Waals surface area contributed by atoms with Gasteiger partial charge < -0.3 is 10.2 Å². The molecular formula is C32H37ClF3N3O4S. The minimum atomic E-state index is -4.65. The molecule has 0 saturated carbocycles. The van der Waals surface area contributed by atoms with Crippen molar-refractivity contribution in [3.8, 4) is 0 Å². The Balaban J connectivity index is 1.90. The number of amides is 2. The number of anilines is 1. The lowest BCUT2D eigenvalue weighted by Gasteiger charge is -2.32. The molecule has 0 bridgehead atoms. The predicted octanol–water partition coefficient (Wildman–Crippen LogP) is 6.32. The van der Waals surface area contributed by atoms with Gasteiger partial charge >= 0.3 is 6.18 Å². The van der Waals surface area contributed by atoms with E-state index in [1.54, 1.807) is 24.3 Å². The highest BCUT2D eigenvalue weighted by atomic mass is 35.5. The molecule has 0 unspecified atom stereocenters. The molecule has 7 nitrogen and oxygen atoms in total. The summed E-state index contributed by atoms with van der Waals surface area (Å²) in [5.41, 5.74) is 0.403. The van der Waals surface area contributed by atoms with Gasteiger partial charge in [-0.1, -0.05) is 74.0 Å². The van der Waals surface area contributed by atoms with E-state index in [2.05, 4.69) is 5.32 Å². The van der Waals surface area contributed by atoms with Crippen molar-refractivity contribution in [2.24, 2.45) is 5.92 Å². The number of benzene rings is 3. The molecule has 2 amide bonds. The molecule has 0 aliphatic heterocycles. The van der Waals surface area contributed by atoms with E-state index in [-0.39, 0.29) is 49.9 Å². The predicted molar refractivity (Wildman–Crippen MR) is 167 cm³/mol. The third kappa shape index (κ3) is 10.6. The maximum Gasteiger partial charge on any atom is 0.416 e. The minimum absolute atomic E-state index is 0.000134. The van der Waals surface area contributed by atoms with Crippen LogP contribution in [0, 0.1) is 5.92 Å². The molecule has 0 aromatic heterocycles. The summed E-state index contributed by atoms with van der Waals surface area (Å²) in [6.45, 7) is 4.15. The van der Waals surface area contributed by atoms with Gasteiger partial charge in [-0.15, -0.1) is 0 Å². The molecule has 3 rings (SSSR count). The summed E-state index contributed by atoms with van der Waals surface area (Å²) in [6, 6.07) is 19.3. The normalized spacial score (nSPS) is 12.5. The SMILES string of the molecule is CC(C)CNC(=O)[C@@H](Cc1ccccc1)N(Cc1cccc(Cl)c1)C(=O)CCCN(c1cccc(C(F)(F)F)c1)S(C)(=O)=O. The standard InChI is InChI=1S/C32H37ClF3N3O4S/c1-23(2)21-37-31(41)29(19-24-10-5-4-6-11-24)38(22-25-12-7-14-27(33)18-25)30(40)16-9-17-39(44(3,42)43)28-15-8-13-26(20-28)32(34,35)36/h4-8,10-15,18,20,23,29H,9,16-17,19,21-22H2,1-3H3,(H,37,41)/t29-/m1/s1. The molecule has 0 aliphatic rings. The Bertz CT molecular complexity index is 1520. The molecule has 44 heavy (non-hydrogen) atoms. The van der Waals surface area contributed by atoms with Gasteiger partial charge in [0.25, 0.3) is 0 Å². The largest absolute Gasteiger partial charge is 0.416 e. The van der Waals surface area contributed by atoms with E-state index in [1.807, 2.05) is 44.2 Å². The number of hydrogen-bond donors (Lipinski definition) is 1. The summed E-state index contributed by atoms with van der Waals surface area (Å²) in [7, 11) is -3.98. The summed E-state index contributed by atoms with van der Waals surface area (Å²) in [5.74, 6) is -0.575. The van der Waals surface area contributed by atoms with Gasteiger partial charge in [-0.3, -0.25) is 13.9 Å². The van der Waals surface area contributed by atoms with Gasteiger partial charge in [-0.25, -0.2) is 8.42 Å². The third-order valence-electron chi connectivity index (χ3n) is 6.81. The molecule has 0 saturated heterocycles. The molecular weight excluding hydrogens is 615 g/mol. The second-order valence-corrected chi connectivity index (χ2v) is 13.3. The van der Waals surface area contributed by atoms with Crippen molar-refractivity contribution in [3.05, 3.63) is 101 Å². The number of sulfonamides is 1. The van der Waals surface area contributed by atoms with Crippen molar-refractivity contribution in [3.63, 3.8) is 0 Å². The molecule has 0 heterocycles. The molecule has 0 aliphatic carbocycles. The van der Waals surface area contributed by atoms with E-state index in [0.29, 0.717) is 17.1 Å². The molecule has 3 aromatic carbocycles. The summed E-state index contributed by atoms with van der Waals surface area (Å²) in [5, 5.41) is 3.39. The Hall–Kier alpha value is -3.57. The molecule has 12 heteroatoms. The highest BCUT2D eigenvalue weighted by Gasteiger charge is 2.33. The lowest BCUT2D eigenvalue weighted by molar-refractivity contribution is -0.141. The molecule has 0 spiro atoms. The van der Waals surface area contributed by atoms with Crippen LogP contribution in [0.3, 0.4) is 0 Å². The summed E-state index contributed by atoms with van der Waals surface area (Å²) < 4.78 is 66.0. The van der Waals surface area contributed by atoms with Crippen LogP contribution in [0.25, 0.3) is 0 Å². The smallest absolute Gasteiger partial charge is 0.354 e. The second-order valence-electron chi connectivity index (χ2n) is 11.0. The summed E-state index contributed by atoms with van der Waals surface area (Å²) in [6.07, 6.45) is -3.68. The van der Waals surface area contributed by atoms with Gasteiger partial charge in [0.2, 0.25) is 21.8 Å². The van der Waals surface area contributed by atoms with E-state index in [4.69, 9.17) is 11.6 Å². The first-order valence-corrected chi connectivity index (χ1v) is 16.4. The highest BCUT2D eigenvalue weighted by molar-refractivity contribution is 7.92.